The number of nitrogens with zero attached hydrogens (tertiary/aromatic N) is 1. The molecule has 0 fully saturated rings. The highest BCUT2D eigenvalue weighted by Crippen LogP contribution is 2.00. The average Bonchev–Trinajstić information content (AvgIpc) is 2.31. The van der Waals surface area contributed by atoms with Crippen molar-refractivity contribution in [3.05, 3.63) is 11.8 Å². The number of carbonyl (C=O) groups excluding carboxylic acids is 1. The fourth-order valence-electron chi connectivity index (χ4n) is 0.585. The number of rotatable bonds is 3. The van der Waals surface area contributed by atoms with Gasteiger partial charge in [-0.05, 0) is 6.92 Å². The van der Waals surface area contributed by atoms with E-state index in [1.54, 1.807) is 6.07 Å². The number of hydrogen-bond acceptors (Lipinski definition) is 3. The second kappa shape index (κ2) is 2.86. The van der Waals surface area contributed by atoms with Crippen molar-refractivity contribution in [1.29, 1.82) is 0 Å². The van der Waals surface area contributed by atoms with Crippen molar-refractivity contribution in [3.8, 4) is 0 Å². The minimum atomic E-state index is 0.546. The molecule has 0 aromatic carbocycles. The minimum absolute atomic E-state index is 0.546. The van der Waals surface area contributed by atoms with Gasteiger partial charge in [0.1, 0.15) is 0 Å². The standard InChI is InChI=1S/C5H8N4O/c1-4-2-5(9-7-4)8-6-3-10/h2-3H,1H3,(H,6,10)(H2,7,8,9). The maximum Gasteiger partial charge on any atom is 0.225 e. The third-order valence-electron chi connectivity index (χ3n) is 0.965. The van der Waals surface area contributed by atoms with Gasteiger partial charge in [0.2, 0.25) is 6.41 Å². The topological polar surface area (TPSA) is 69.8 Å². The van der Waals surface area contributed by atoms with Gasteiger partial charge in [0.25, 0.3) is 0 Å². The first-order valence-electron chi connectivity index (χ1n) is 2.80. The van der Waals surface area contributed by atoms with Crippen molar-refractivity contribution >= 4 is 12.2 Å². The summed E-state index contributed by atoms with van der Waals surface area (Å²) >= 11 is 0. The smallest absolute Gasteiger partial charge is 0.225 e. The van der Waals surface area contributed by atoms with Gasteiger partial charge in [-0.2, -0.15) is 5.10 Å². The van der Waals surface area contributed by atoms with Crippen LogP contribution in [0.15, 0.2) is 6.07 Å². The van der Waals surface area contributed by atoms with Crippen molar-refractivity contribution in [3.63, 3.8) is 0 Å². The summed E-state index contributed by atoms with van der Waals surface area (Å²) in [5.74, 6) is 0.601. The lowest BCUT2D eigenvalue weighted by atomic mass is 10.5. The molecule has 54 valence electrons. The lowest BCUT2D eigenvalue weighted by molar-refractivity contribution is -0.109. The van der Waals surface area contributed by atoms with Crippen LogP contribution in [-0.4, -0.2) is 16.6 Å². The number of H-pyrrole nitrogens is 1. The summed E-state index contributed by atoms with van der Waals surface area (Å²) in [5, 5.41) is 6.50. The van der Waals surface area contributed by atoms with Crippen LogP contribution in [0, 0.1) is 6.92 Å². The molecule has 0 unspecified atom stereocenters. The molecule has 1 aromatic heterocycles. The molecule has 10 heavy (non-hydrogen) atoms. The highest BCUT2D eigenvalue weighted by molar-refractivity contribution is 5.50. The van der Waals surface area contributed by atoms with Crippen LogP contribution in [0.3, 0.4) is 0 Å². The van der Waals surface area contributed by atoms with Gasteiger partial charge < -0.3 is 0 Å². The zero-order valence-corrected chi connectivity index (χ0v) is 5.51. The predicted molar refractivity (Wildman–Crippen MR) is 36.1 cm³/mol. The Bertz CT molecular complexity index is 219. The van der Waals surface area contributed by atoms with E-state index in [9.17, 15) is 4.79 Å². The number of aromatic amines is 1. The summed E-state index contributed by atoms with van der Waals surface area (Å²) in [6.07, 6.45) is 0.546. The lowest BCUT2D eigenvalue weighted by Gasteiger charge is -1.94. The number of amides is 1. The Morgan fingerprint density at radius 1 is 1.80 bits per heavy atom. The Labute approximate surface area is 57.8 Å². The number of nitrogens with one attached hydrogen (secondary N) is 3. The number of aryl methyl sites for hydroxylation is 1. The molecule has 0 radical (unpaired) electrons. The summed E-state index contributed by atoms with van der Waals surface area (Å²) in [4.78, 5) is 9.77. The molecule has 5 heteroatoms. The fraction of sp³-hybridized carbons (Fsp3) is 0.200. The van der Waals surface area contributed by atoms with E-state index in [1.165, 1.54) is 0 Å². The van der Waals surface area contributed by atoms with Crippen LogP contribution in [0.1, 0.15) is 5.69 Å². The van der Waals surface area contributed by atoms with E-state index in [0.717, 1.165) is 5.69 Å². The van der Waals surface area contributed by atoms with E-state index in [2.05, 4.69) is 21.0 Å². The molecule has 0 atom stereocenters. The highest BCUT2D eigenvalue weighted by atomic mass is 16.1. The molecule has 0 saturated carbocycles. The third-order valence-corrected chi connectivity index (χ3v) is 0.965. The molecule has 0 spiro atoms. The maximum absolute atomic E-state index is 9.77. The van der Waals surface area contributed by atoms with E-state index >= 15 is 0 Å². The minimum Gasteiger partial charge on any atom is -0.281 e. The van der Waals surface area contributed by atoms with Crippen molar-refractivity contribution in [2.75, 3.05) is 5.43 Å². The molecule has 3 N–H and O–H groups in total. The third kappa shape index (κ3) is 1.48. The molecule has 1 rings (SSSR count). The molecule has 0 aliphatic carbocycles. The second-order valence-electron chi connectivity index (χ2n) is 1.82. The molecular formula is C5H8N4O. The lowest BCUT2D eigenvalue weighted by Crippen LogP contribution is -2.18. The number of hydrazine groups is 1. The largest absolute Gasteiger partial charge is 0.281 e. The van der Waals surface area contributed by atoms with Gasteiger partial charge in [0, 0.05) is 11.8 Å². The first-order chi connectivity index (χ1) is 4.83. The maximum atomic E-state index is 9.77. The molecule has 5 nitrogen and oxygen atoms in total. The molecule has 0 saturated heterocycles. The van der Waals surface area contributed by atoms with Gasteiger partial charge in [-0.3, -0.25) is 20.7 Å². The Hall–Kier alpha value is -1.52. The zero-order chi connectivity index (χ0) is 7.40. The van der Waals surface area contributed by atoms with Crippen LogP contribution in [-0.2, 0) is 4.79 Å². The summed E-state index contributed by atoms with van der Waals surface area (Å²) in [5.41, 5.74) is 5.76. The average molecular weight is 140 g/mol. The molecule has 0 bridgehead atoms. The highest BCUT2D eigenvalue weighted by Gasteiger charge is 1.92. The Kier molecular flexibility index (Phi) is 1.89. The summed E-state index contributed by atoms with van der Waals surface area (Å²) in [6, 6.07) is 1.77. The van der Waals surface area contributed by atoms with Gasteiger partial charge in [-0.25, -0.2) is 0 Å². The molecule has 0 aliphatic rings. The van der Waals surface area contributed by atoms with Crippen molar-refractivity contribution in [2.24, 2.45) is 0 Å². The van der Waals surface area contributed by atoms with Crippen molar-refractivity contribution in [1.82, 2.24) is 15.6 Å². The quantitative estimate of drug-likeness (QED) is 0.402. The number of anilines is 1. The SMILES string of the molecule is Cc1cc(NNC=O)n[nH]1. The van der Waals surface area contributed by atoms with Crippen LogP contribution < -0.4 is 10.9 Å². The first-order valence-corrected chi connectivity index (χ1v) is 2.80. The first kappa shape index (κ1) is 6.60. The molecule has 1 amide bonds. The number of aromatic nitrogens is 2. The fourth-order valence-corrected chi connectivity index (χ4v) is 0.585. The van der Waals surface area contributed by atoms with E-state index in [4.69, 9.17) is 0 Å². The number of hydrogen-bond donors (Lipinski definition) is 3. The zero-order valence-electron chi connectivity index (χ0n) is 5.51. The van der Waals surface area contributed by atoms with Crippen LogP contribution in [0.2, 0.25) is 0 Å². The van der Waals surface area contributed by atoms with Crippen LogP contribution in [0.5, 0.6) is 0 Å². The van der Waals surface area contributed by atoms with Gasteiger partial charge in [0.15, 0.2) is 5.82 Å². The Balaban J connectivity index is 2.49. The Morgan fingerprint density at radius 2 is 2.60 bits per heavy atom. The summed E-state index contributed by atoms with van der Waals surface area (Å²) in [6.45, 7) is 1.87. The van der Waals surface area contributed by atoms with E-state index < -0.39 is 0 Å². The van der Waals surface area contributed by atoms with Crippen LogP contribution in [0.25, 0.3) is 0 Å². The monoisotopic (exact) mass is 140 g/mol. The van der Waals surface area contributed by atoms with E-state index in [0.29, 0.717) is 12.2 Å². The summed E-state index contributed by atoms with van der Waals surface area (Å²) < 4.78 is 0. The van der Waals surface area contributed by atoms with Gasteiger partial charge in [0.05, 0.1) is 0 Å². The predicted octanol–water partition coefficient (Wildman–Crippen LogP) is -0.209. The molecule has 1 aromatic rings. The van der Waals surface area contributed by atoms with Crippen LogP contribution >= 0.6 is 0 Å². The normalized spacial score (nSPS) is 8.90. The van der Waals surface area contributed by atoms with E-state index in [-0.39, 0.29) is 0 Å². The van der Waals surface area contributed by atoms with Gasteiger partial charge in [-0.15, -0.1) is 0 Å². The van der Waals surface area contributed by atoms with Crippen molar-refractivity contribution < 1.29 is 4.79 Å². The van der Waals surface area contributed by atoms with Gasteiger partial charge in [-0.1, -0.05) is 0 Å². The summed E-state index contributed by atoms with van der Waals surface area (Å²) in [7, 11) is 0. The van der Waals surface area contributed by atoms with Gasteiger partial charge >= 0.3 is 0 Å². The number of carbonyl (C=O) groups is 1. The van der Waals surface area contributed by atoms with Crippen molar-refractivity contribution in [2.45, 2.75) is 6.92 Å². The second-order valence-corrected chi connectivity index (χ2v) is 1.82. The molecular weight excluding hydrogens is 132 g/mol. The molecule has 1 heterocycles. The van der Waals surface area contributed by atoms with Crippen LogP contribution in [0.4, 0.5) is 5.82 Å². The molecule has 0 aliphatic heterocycles. The van der Waals surface area contributed by atoms with E-state index in [1.807, 2.05) is 6.92 Å². The Morgan fingerprint density at radius 3 is 3.10 bits per heavy atom.